The third-order valence-electron chi connectivity index (χ3n) is 10.4. The molecule has 1 aromatic heterocycles. The fourth-order valence-electron chi connectivity index (χ4n) is 7.92. The highest BCUT2D eigenvalue weighted by Crippen LogP contribution is 2.50. The second kappa shape index (κ2) is 13.9. The maximum Gasteiger partial charge on any atom is 0.159 e. The van der Waals surface area contributed by atoms with Crippen LogP contribution in [0.5, 0.6) is 0 Å². The first kappa shape index (κ1) is 32.3. The highest BCUT2D eigenvalue weighted by molar-refractivity contribution is 6.19. The van der Waals surface area contributed by atoms with Crippen LogP contribution >= 0.6 is 0 Å². The summed E-state index contributed by atoms with van der Waals surface area (Å²) in [4.78, 5) is 4.75. The van der Waals surface area contributed by atoms with Gasteiger partial charge in [0.1, 0.15) is 5.58 Å². The molecule has 0 fully saturated rings. The van der Waals surface area contributed by atoms with Crippen molar-refractivity contribution in [1.82, 2.24) is 0 Å². The van der Waals surface area contributed by atoms with Crippen molar-refractivity contribution in [2.45, 2.75) is 0 Å². The van der Waals surface area contributed by atoms with Gasteiger partial charge in [-0.1, -0.05) is 164 Å². The molecule has 260 valence electrons. The molecule has 9 aromatic carbocycles. The summed E-state index contributed by atoms with van der Waals surface area (Å²) in [5, 5.41) is 4.36. The van der Waals surface area contributed by atoms with Crippen molar-refractivity contribution in [3.63, 3.8) is 0 Å². The van der Waals surface area contributed by atoms with Gasteiger partial charge in [0.15, 0.2) is 5.58 Å². The molecule has 3 heteroatoms. The topological polar surface area (TPSA) is 19.6 Å². The highest BCUT2D eigenvalue weighted by atomic mass is 16.3. The van der Waals surface area contributed by atoms with Gasteiger partial charge < -0.3 is 14.2 Å². The monoisotopic (exact) mass is 704 g/mol. The molecule has 0 atom stereocenters. The molecular weight excluding hydrogens is 669 g/mol. The zero-order valence-electron chi connectivity index (χ0n) is 30.1. The van der Waals surface area contributed by atoms with Gasteiger partial charge in [-0.3, -0.25) is 0 Å². The summed E-state index contributed by atoms with van der Waals surface area (Å²) >= 11 is 0. The number of fused-ring (bicyclic) bond motifs is 5. The molecule has 0 N–H and O–H groups in total. The zero-order chi connectivity index (χ0) is 36.6. The fraction of sp³-hybridized carbons (Fsp3) is 0. The first-order valence-electron chi connectivity index (χ1n) is 18.7. The third kappa shape index (κ3) is 5.80. The zero-order valence-corrected chi connectivity index (χ0v) is 30.1. The summed E-state index contributed by atoms with van der Waals surface area (Å²) in [5.41, 5.74) is 12.5. The van der Waals surface area contributed by atoms with Crippen LogP contribution in [0.3, 0.4) is 0 Å². The van der Waals surface area contributed by atoms with Gasteiger partial charge in [-0.05, 0) is 71.1 Å². The van der Waals surface area contributed by atoms with E-state index in [2.05, 4.69) is 228 Å². The van der Waals surface area contributed by atoms with E-state index in [0.717, 1.165) is 89.1 Å². The lowest BCUT2D eigenvalue weighted by Gasteiger charge is -2.31. The lowest BCUT2D eigenvalue weighted by molar-refractivity contribution is 0.673. The number of furan rings is 1. The molecule has 0 bridgehead atoms. The van der Waals surface area contributed by atoms with Crippen LogP contribution in [0.15, 0.2) is 223 Å². The van der Waals surface area contributed by atoms with E-state index in [1.165, 1.54) is 0 Å². The molecule has 0 spiro atoms. The van der Waals surface area contributed by atoms with Crippen molar-refractivity contribution in [1.29, 1.82) is 0 Å². The van der Waals surface area contributed by atoms with Crippen LogP contribution in [0, 0.1) is 0 Å². The molecular formula is C52H36N2O. The predicted octanol–water partition coefficient (Wildman–Crippen LogP) is 15.0. The van der Waals surface area contributed by atoms with Gasteiger partial charge in [0.05, 0.1) is 17.1 Å². The van der Waals surface area contributed by atoms with E-state index in [9.17, 15) is 0 Å². The minimum absolute atomic E-state index is 0.825. The van der Waals surface area contributed by atoms with Crippen LogP contribution in [0.2, 0.25) is 0 Å². The molecule has 0 aliphatic rings. The average Bonchev–Trinajstić information content (AvgIpc) is 3.65. The molecule has 0 saturated carbocycles. The van der Waals surface area contributed by atoms with Gasteiger partial charge in [-0.2, -0.15) is 0 Å². The van der Waals surface area contributed by atoms with Crippen molar-refractivity contribution in [2.75, 3.05) is 9.80 Å². The Hall–Kier alpha value is -7.36. The third-order valence-corrected chi connectivity index (χ3v) is 10.4. The molecule has 1 heterocycles. The summed E-state index contributed by atoms with van der Waals surface area (Å²) in [7, 11) is 0. The van der Waals surface area contributed by atoms with Gasteiger partial charge in [0.2, 0.25) is 0 Å². The van der Waals surface area contributed by atoms with Gasteiger partial charge in [-0.15, -0.1) is 0 Å². The lowest BCUT2D eigenvalue weighted by atomic mass is 10.00. The fourth-order valence-corrected chi connectivity index (χ4v) is 7.92. The van der Waals surface area contributed by atoms with Crippen LogP contribution in [0.4, 0.5) is 34.1 Å². The van der Waals surface area contributed by atoms with E-state index in [4.69, 9.17) is 4.42 Å². The summed E-state index contributed by atoms with van der Waals surface area (Å²) < 4.78 is 7.15. The molecule has 3 nitrogen and oxygen atoms in total. The van der Waals surface area contributed by atoms with E-state index in [-0.39, 0.29) is 0 Å². The first-order valence-corrected chi connectivity index (χ1v) is 18.7. The summed E-state index contributed by atoms with van der Waals surface area (Å²) in [6.07, 6.45) is 0. The van der Waals surface area contributed by atoms with Gasteiger partial charge in [0.25, 0.3) is 0 Å². The average molecular weight is 705 g/mol. The largest absolute Gasteiger partial charge is 0.453 e. The lowest BCUT2D eigenvalue weighted by Crippen LogP contribution is -2.14. The van der Waals surface area contributed by atoms with Crippen LogP contribution in [0.25, 0.3) is 55.0 Å². The molecule has 10 aromatic rings. The van der Waals surface area contributed by atoms with Crippen molar-refractivity contribution in [3.8, 4) is 22.3 Å². The second-order valence-electron chi connectivity index (χ2n) is 13.7. The number of benzene rings is 9. The van der Waals surface area contributed by atoms with Crippen LogP contribution in [0.1, 0.15) is 0 Å². The first-order chi connectivity index (χ1) is 27.3. The number of hydrogen-bond acceptors (Lipinski definition) is 3. The highest BCUT2D eigenvalue weighted by Gasteiger charge is 2.26. The Morgan fingerprint density at radius 3 is 1.40 bits per heavy atom. The molecule has 55 heavy (non-hydrogen) atoms. The van der Waals surface area contributed by atoms with Gasteiger partial charge in [-0.25, -0.2) is 0 Å². The van der Waals surface area contributed by atoms with E-state index >= 15 is 0 Å². The Labute approximate surface area is 320 Å². The molecule has 0 saturated heterocycles. The van der Waals surface area contributed by atoms with Crippen molar-refractivity contribution < 1.29 is 4.42 Å². The number of rotatable bonds is 8. The predicted molar refractivity (Wildman–Crippen MR) is 231 cm³/mol. The Bertz CT molecular complexity index is 2920. The summed E-state index contributed by atoms with van der Waals surface area (Å²) in [6.45, 7) is 0. The Kier molecular flexibility index (Phi) is 8.16. The van der Waals surface area contributed by atoms with E-state index < -0.39 is 0 Å². The molecule has 0 radical (unpaired) electrons. The van der Waals surface area contributed by atoms with E-state index in [1.54, 1.807) is 0 Å². The van der Waals surface area contributed by atoms with Gasteiger partial charge in [0, 0.05) is 44.3 Å². The maximum atomic E-state index is 7.15. The van der Waals surface area contributed by atoms with E-state index in [0.29, 0.717) is 0 Å². The standard InChI is InChI=1S/C52H36N2O/c1-5-19-37(20-6-1)43-28-15-17-31-48(43)53(40-24-9-3-10-25-40)42-35-47-46-34-33-39-23-13-14-30-45(39)51(46)55-52(47)50(36-42)54(41-26-11-4-12-27-41)49-32-18-16-29-44(49)38-21-7-2-8-22-38/h1-36H. The Balaban J connectivity index is 1.33. The van der Waals surface area contributed by atoms with Crippen LogP contribution in [-0.4, -0.2) is 0 Å². The van der Waals surface area contributed by atoms with Crippen molar-refractivity contribution in [2.24, 2.45) is 0 Å². The smallest absolute Gasteiger partial charge is 0.159 e. The minimum atomic E-state index is 0.825. The van der Waals surface area contributed by atoms with Crippen LogP contribution < -0.4 is 9.80 Å². The number of nitrogens with zero attached hydrogens (tertiary/aromatic N) is 2. The van der Waals surface area contributed by atoms with Crippen LogP contribution in [-0.2, 0) is 0 Å². The van der Waals surface area contributed by atoms with Gasteiger partial charge >= 0.3 is 0 Å². The quantitative estimate of drug-likeness (QED) is 0.157. The Morgan fingerprint density at radius 2 is 0.782 bits per heavy atom. The molecule has 0 aliphatic carbocycles. The van der Waals surface area contributed by atoms with Crippen molar-refractivity contribution >= 4 is 66.8 Å². The Morgan fingerprint density at radius 1 is 0.291 bits per heavy atom. The maximum absolute atomic E-state index is 7.15. The molecule has 10 rings (SSSR count). The van der Waals surface area contributed by atoms with E-state index in [1.807, 2.05) is 0 Å². The number of para-hydroxylation sites is 4. The normalized spacial score (nSPS) is 11.3. The van der Waals surface area contributed by atoms with Crippen molar-refractivity contribution in [3.05, 3.63) is 218 Å². The summed E-state index contributed by atoms with van der Waals surface area (Å²) in [5.74, 6) is 0. The molecule has 0 aliphatic heterocycles. The number of anilines is 6. The summed E-state index contributed by atoms with van der Waals surface area (Å²) in [6, 6.07) is 77.4. The molecule has 0 amide bonds. The number of hydrogen-bond donors (Lipinski definition) is 0. The minimum Gasteiger partial charge on any atom is -0.453 e. The molecule has 0 unspecified atom stereocenters. The second-order valence-corrected chi connectivity index (χ2v) is 13.7. The SMILES string of the molecule is c1ccc(-c2ccccc2N(c2ccccc2)c2cc(N(c3ccccc3)c3ccccc3-c3ccccc3)c3oc4c5ccccc5ccc4c3c2)cc1.